The highest BCUT2D eigenvalue weighted by molar-refractivity contribution is 5.92. The van der Waals surface area contributed by atoms with Crippen molar-refractivity contribution in [3.63, 3.8) is 0 Å². The first-order valence-corrected chi connectivity index (χ1v) is 10.0. The maximum atomic E-state index is 13.0. The number of ether oxygens (including phenoxy) is 1. The molecule has 0 radical (unpaired) electrons. The first kappa shape index (κ1) is 23.9. The molecule has 1 aliphatic heterocycles. The maximum absolute atomic E-state index is 13.0. The third-order valence-corrected chi connectivity index (χ3v) is 5.05. The Bertz CT molecular complexity index is 571. The number of unbranched alkanes of at least 4 members (excludes halogenated alkanes) is 3. The van der Waals surface area contributed by atoms with E-state index in [2.05, 4.69) is 10.1 Å². The molecule has 0 spiro atoms. The average molecular weight is 398 g/mol. The molecule has 2 atom stereocenters. The summed E-state index contributed by atoms with van der Waals surface area (Å²) in [6.45, 7) is 6.14. The Kier molecular flexibility index (Phi) is 9.41. The molecule has 1 heterocycles. The first-order valence-electron chi connectivity index (χ1n) is 10.0. The summed E-state index contributed by atoms with van der Waals surface area (Å²) in [7, 11) is 1.37. The molecule has 0 bridgehead atoms. The zero-order valence-electron chi connectivity index (χ0n) is 17.6. The molecule has 0 aromatic carbocycles. The molecule has 28 heavy (non-hydrogen) atoms. The average Bonchev–Trinajstić information content (AvgIpc) is 3.10. The number of hydrogen-bond donors (Lipinski definition) is 2. The molecule has 8 heteroatoms. The van der Waals surface area contributed by atoms with Crippen LogP contribution in [0.1, 0.15) is 72.1 Å². The molecule has 1 fully saturated rings. The summed E-state index contributed by atoms with van der Waals surface area (Å²) in [6.07, 6.45) is 5.10. The van der Waals surface area contributed by atoms with Gasteiger partial charge in [0, 0.05) is 19.4 Å². The van der Waals surface area contributed by atoms with Crippen molar-refractivity contribution in [2.24, 2.45) is 11.1 Å². The smallest absolute Gasteiger partial charge is 0.305 e. The van der Waals surface area contributed by atoms with Crippen LogP contribution >= 0.6 is 0 Å². The van der Waals surface area contributed by atoms with E-state index in [-0.39, 0.29) is 17.8 Å². The predicted molar refractivity (Wildman–Crippen MR) is 105 cm³/mol. The molecule has 1 rings (SSSR count). The van der Waals surface area contributed by atoms with Gasteiger partial charge in [0.05, 0.1) is 7.11 Å². The van der Waals surface area contributed by atoms with Crippen LogP contribution in [-0.4, -0.2) is 54.3 Å². The van der Waals surface area contributed by atoms with E-state index in [1.807, 2.05) is 20.8 Å². The molecule has 1 saturated heterocycles. The van der Waals surface area contributed by atoms with Crippen molar-refractivity contribution < 1.29 is 23.9 Å². The quantitative estimate of drug-likeness (QED) is 0.428. The monoisotopic (exact) mass is 397 g/mol. The van der Waals surface area contributed by atoms with Crippen LogP contribution in [0.2, 0.25) is 0 Å². The minimum Gasteiger partial charge on any atom is -0.469 e. The SMILES string of the molecule is COC(=O)CCCCCCC(=O)NC(C(=O)N1CCCC1C(N)=O)C(C)(C)C. The molecule has 0 aromatic rings. The zero-order chi connectivity index (χ0) is 21.3. The number of amides is 3. The molecule has 3 N–H and O–H groups in total. The van der Waals surface area contributed by atoms with Crippen molar-refractivity contribution in [3.05, 3.63) is 0 Å². The molecular weight excluding hydrogens is 362 g/mol. The molecule has 2 unspecified atom stereocenters. The first-order chi connectivity index (χ1) is 13.1. The Balaban J connectivity index is 2.53. The van der Waals surface area contributed by atoms with Crippen LogP contribution in [0.5, 0.6) is 0 Å². The number of nitrogens with two attached hydrogens (primary N) is 1. The largest absolute Gasteiger partial charge is 0.469 e. The van der Waals surface area contributed by atoms with Gasteiger partial charge in [-0.1, -0.05) is 33.6 Å². The fourth-order valence-electron chi connectivity index (χ4n) is 3.38. The molecule has 0 saturated carbocycles. The van der Waals surface area contributed by atoms with E-state index in [1.54, 1.807) is 0 Å². The summed E-state index contributed by atoms with van der Waals surface area (Å²) in [5.74, 6) is -1.16. The number of hydrogen-bond acceptors (Lipinski definition) is 5. The van der Waals surface area contributed by atoms with Crippen LogP contribution < -0.4 is 11.1 Å². The van der Waals surface area contributed by atoms with Gasteiger partial charge in [0.2, 0.25) is 17.7 Å². The van der Waals surface area contributed by atoms with Crippen LogP contribution in [0.25, 0.3) is 0 Å². The van der Waals surface area contributed by atoms with Crippen molar-refractivity contribution in [1.29, 1.82) is 0 Å². The maximum Gasteiger partial charge on any atom is 0.305 e. The molecular formula is C20H35N3O5. The van der Waals surface area contributed by atoms with Gasteiger partial charge in [0.15, 0.2) is 0 Å². The minimum absolute atomic E-state index is 0.184. The normalized spacial score (nSPS) is 17.9. The van der Waals surface area contributed by atoms with Crippen LogP contribution in [0.3, 0.4) is 0 Å². The number of methoxy groups -OCH3 is 1. The van der Waals surface area contributed by atoms with Gasteiger partial charge in [0.1, 0.15) is 12.1 Å². The van der Waals surface area contributed by atoms with Crippen molar-refractivity contribution in [2.45, 2.75) is 84.2 Å². The second-order valence-corrected chi connectivity index (χ2v) is 8.45. The summed E-state index contributed by atoms with van der Waals surface area (Å²) >= 11 is 0. The molecule has 3 amide bonds. The van der Waals surface area contributed by atoms with Gasteiger partial charge < -0.3 is 20.7 Å². The van der Waals surface area contributed by atoms with Gasteiger partial charge in [-0.3, -0.25) is 19.2 Å². The summed E-state index contributed by atoms with van der Waals surface area (Å²) in [5.41, 5.74) is 4.93. The predicted octanol–water partition coefficient (Wildman–Crippen LogP) is 1.51. The van der Waals surface area contributed by atoms with Gasteiger partial charge in [-0.05, 0) is 31.1 Å². The Morgan fingerprint density at radius 1 is 1.11 bits per heavy atom. The number of nitrogens with zero attached hydrogens (tertiary/aromatic N) is 1. The second kappa shape index (κ2) is 11.0. The third kappa shape index (κ3) is 7.48. The molecule has 0 aliphatic carbocycles. The Hall–Kier alpha value is -2.12. The highest BCUT2D eigenvalue weighted by Crippen LogP contribution is 2.25. The lowest BCUT2D eigenvalue weighted by Gasteiger charge is -2.35. The third-order valence-electron chi connectivity index (χ3n) is 5.05. The fourth-order valence-corrected chi connectivity index (χ4v) is 3.38. The number of likely N-dealkylation sites (tertiary alicyclic amines) is 1. The molecule has 1 aliphatic rings. The Morgan fingerprint density at radius 2 is 1.71 bits per heavy atom. The number of esters is 1. The fraction of sp³-hybridized carbons (Fsp3) is 0.800. The van der Waals surface area contributed by atoms with Gasteiger partial charge in [-0.25, -0.2) is 0 Å². The van der Waals surface area contributed by atoms with Crippen LogP contribution in [-0.2, 0) is 23.9 Å². The Labute approximate surface area is 167 Å². The van der Waals surface area contributed by atoms with Crippen molar-refractivity contribution in [3.8, 4) is 0 Å². The minimum atomic E-state index is -0.709. The summed E-state index contributed by atoms with van der Waals surface area (Å²) in [5, 5.41) is 2.85. The zero-order valence-corrected chi connectivity index (χ0v) is 17.6. The summed E-state index contributed by atoms with van der Waals surface area (Å²) in [6, 6.07) is -1.30. The van der Waals surface area contributed by atoms with Gasteiger partial charge in [0.25, 0.3) is 0 Å². The lowest BCUT2D eigenvalue weighted by atomic mass is 9.85. The highest BCUT2D eigenvalue weighted by atomic mass is 16.5. The van der Waals surface area contributed by atoms with Crippen LogP contribution in [0.15, 0.2) is 0 Å². The van der Waals surface area contributed by atoms with Gasteiger partial charge in [-0.2, -0.15) is 0 Å². The van der Waals surface area contributed by atoms with Crippen LogP contribution in [0.4, 0.5) is 0 Å². The lowest BCUT2D eigenvalue weighted by molar-refractivity contribution is -0.143. The van der Waals surface area contributed by atoms with Crippen molar-refractivity contribution >= 4 is 23.7 Å². The standard InChI is InChI=1S/C20H35N3O5/c1-20(2,3)17(19(27)23-13-9-10-14(23)18(21)26)22-15(24)11-7-5-6-8-12-16(25)28-4/h14,17H,5-13H2,1-4H3,(H2,21,26)(H,22,24). The highest BCUT2D eigenvalue weighted by Gasteiger charge is 2.41. The van der Waals surface area contributed by atoms with E-state index in [0.717, 1.165) is 25.7 Å². The van der Waals surface area contributed by atoms with E-state index in [0.29, 0.717) is 32.2 Å². The summed E-state index contributed by atoms with van der Waals surface area (Å²) in [4.78, 5) is 49.6. The van der Waals surface area contributed by atoms with E-state index < -0.39 is 23.4 Å². The van der Waals surface area contributed by atoms with Gasteiger partial charge >= 0.3 is 5.97 Å². The van der Waals surface area contributed by atoms with E-state index in [1.165, 1.54) is 12.0 Å². The van der Waals surface area contributed by atoms with Crippen LogP contribution in [0, 0.1) is 5.41 Å². The van der Waals surface area contributed by atoms with Crippen molar-refractivity contribution in [1.82, 2.24) is 10.2 Å². The van der Waals surface area contributed by atoms with E-state index in [9.17, 15) is 19.2 Å². The number of carbonyl (C=O) groups excluding carboxylic acids is 4. The number of carbonyl (C=O) groups is 4. The number of rotatable bonds is 10. The topological polar surface area (TPSA) is 119 Å². The number of nitrogens with one attached hydrogen (secondary N) is 1. The van der Waals surface area contributed by atoms with Gasteiger partial charge in [-0.15, -0.1) is 0 Å². The van der Waals surface area contributed by atoms with E-state index in [4.69, 9.17) is 5.73 Å². The second-order valence-electron chi connectivity index (χ2n) is 8.45. The molecule has 0 aromatic heterocycles. The molecule has 160 valence electrons. The number of primary amides is 1. The lowest BCUT2D eigenvalue weighted by Crippen LogP contribution is -2.57. The van der Waals surface area contributed by atoms with E-state index >= 15 is 0 Å². The Morgan fingerprint density at radius 3 is 2.25 bits per heavy atom. The van der Waals surface area contributed by atoms with Crippen molar-refractivity contribution in [2.75, 3.05) is 13.7 Å². The summed E-state index contributed by atoms with van der Waals surface area (Å²) < 4.78 is 4.59. The molecule has 8 nitrogen and oxygen atoms in total.